The summed E-state index contributed by atoms with van der Waals surface area (Å²) in [6, 6.07) is 0. The van der Waals surface area contributed by atoms with Gasteiger partial charge in [0, 0.05) is 19.5 Å². The zero-order valence-electron chi connectivity index (χ0n) is 10.6. The Hall–Kier alpha value is -0.570. The average Bonchev–Trinajstić information content (AvgIpc) is 2.53. The Kier molecular flexibility index (Phi) is 3.53. The number of amides is 1. The maximum absolute atomic E-state index is 12.0. The van der Waals surface area contributed by atoms with Crippen molar-refractivity contribution < 1.29 is 4.79 Å². The van der Waals surface area contributed by atoms with Crippen LogP contribution in [0.1, 0.15) is 39.5 Å². The van der Waals surface area contributed by atoms with Crippen molar-refractivity contribution in [1.82, 2.24) is 10.2 Å². The van der Waals surface area contributed by atoms with Crippen molar-refractivity contribution in [2.45, 2.75) is 39.5 Å². The highest BCUT2D eigenvalue weighted by Gasteiger charge is 2.43. The van der Waals surface area contributed by atoms with Crippen LogP contribution in [-0.2, 0) is 4.79 Å². The van der Waals surface area contributed by atoms with Crippen molar-refractivity contribution in [2.24, 2.45) is 11.3 Å². The summed E-state index contributed by atoms with van der Waals surface area (Å²) in [6.45, 7) is 8.60. The van der Waals surface area contributed by atoms with Gasteiger partial charge in [0.25, 0.3) is 0 Å². The molecular formula is C13H24N2O. The van der Waals surface area contributed by atoms with E-state index >= 15 is 0 Å². The van der Waals surface area contributed by atoms with E-state index in [-0.39, 0.29) is 0 Å². The van der Waals surface area contributed by atoms with Gasteiger partial charge in [0.15, 0.2) is 0 Å². The topological polar surface area (TPSA) is 32.3 Å². The van der Waals surface area contributed by atoms with Crippen molar-refractivity contribution in [2.75, 3.05) is 26.2 Å². The third kappa shape index (κ3) is 2.57. The van der Waals surface area contributed by atoms with Crippen LogP contribution in [0.3, 0.4) is 0 Å². The second kappa shape index (κ2) is 4.74. The molecule has 1 spiro atoms. The number of nitrogens with one attached hydrogen (secondary N) is 1. The third-order valence-electron chi connectivity index (χ3n) is 4.05. The molecule has 3 heteroatoms. The highest BCUT2D eigenvalue weighted by Crippen LogP contribution is 2.39. The Morgan fingerprint density at radius 1 is 1.38 bits per heavy atom. The van der Waals surface area contributed by atoms with Crippen LogP contribution in [0, 0.1) is 11.3 Å². The number of likely N-dealkylation sites (tertiary alicyclic amines) is 1. The van der Waals surface area contributed by atoms with Crippen molar-refractivity contribution >= 4 is 5.91 Å². The Labute approximate surface area is 98.6 Å². The molecule has 0 bridgehead atoms. The number of piperidine rings is 1. The molecule has 2 aliphatic rings. The van der Waals surface area contributed by atoms with Gasteiger partial charge in [-0.05, 0) is 43.7 Å². The summed E-state index contributed by atoms with van der Waals surface area (Å²) in [7, 11) is 0. The summed E-state index contributed by atoms with van der Waals surface area (Å²) in [4.78, 5) is 14.1. The van der Waals surface area contributed by atoms with Gasteiger partial charge in [-0.2, -0.15) is 0 Å². The number of hydrogen-bond donors (Lipinski definition) is 1. The van der Waals surface area contributed by atoms with Gasteiger partial charge in [-0.3, -0.25) is 4.79 Å². The number of nitrogens with zero attached hydrogens (tertiary/aromatic N) is 1. The normalized spacial score (nSPS) is 24.7. The van der Waals surface area contributed by atoms with E-state index in [1.54, 1.807) is 0 Å². The van der Waals surface area contributed by atoms with E-state index < -0.39 is 0 Å². The van der Waals surface area contributed by atoms with Gasteiger partial charge in [-0.25, -0.2) is 0 Å². The molecule has 2 saturated heterocycles. The van der Waals surface area contributed by atoms with Crippen LogP contribution in [0.25, 0.3) is 0 Å². The zero-order chi connectivity index (χ0) is 11.6. The number of hydrogen-bond acceptors (Lipinski definition) is 2. The highest BCUT2D eigenvalue weighted by molar-refractivity contribution is 5.79. The van der Waals surface area contributed by atoms with Crippen LogP contribution < -0.4 is 5.32 Å². The molecule has 1 N–H and O–H groups in total. The van der Waals surface area contributed by atoms with E-state index in [4.69, 9.17) is 0 Å². The number of carbonyl (C=O) groups is 1. The summed E-state index contributed by atoms with van der Waals surface area (Å²) < 4.78 is 0. The Morgan fingerprint density at radius 2 is 2.06 bits per heavy atom. The number of carbonyl (C=O) groups excluding carboxylic acids is 1. The van der Waals surface area contributed by atoms with Crippen LogP contribution >= 0.6 is 0 Å². The molecule has 0 aliphatic carbocycles. The fourth-order valence-corrected chi connectivity index (χ4v) is 2.89. The molecule has 0 aromatic rings. The van der Waals surface area contributed by atoms with Gasteiger partial charge in [0.2, 0.25) is 5.91 Å². The monoisotopic (exact) mass is 224 g/mol. The lowest BCUT2D eigenvalue weighted by Crippen LogP contribution is -2.38. The molecule has 0 aromatic carbocycles. The summed E-state index contributed by atoms with van der Waals surface area (Å²) in [5.74, 6) is 1.08. The molecule has 0 radical (unpaired) electrons. The lowest BCUT2D eigenvalue weighted by atomic mass is 9.78. The molecule has 2 aliphatic heterocycles. The Morgan fingerprint density at radius 3 is 2.69 bits per heavy atom. The molecule has 1 amide bonds. The molecule has 2 rings (SSSR count). The van der Waals surface area contributed by atoms with E-state index in [9.17, 15) is 4.79 Å². The summed E-state index contributed by atoms with van der Waals surface area (Å²) >= 11 is 0. The highest BCUT2D eigenvalue weighted by atomic mass is 16.2. The maximum Gasteiger partial charge on any atom is 0.223 e. The molecular weight excluding hydrogens is 200 g/mol. The zero-order valence-corrected chi connectivity index (χ0v) is 10.6. The molecule has 3 nitrogen and oxygen atoms in total. The molecule has 0 unspecified atom stereocenters. The SMILES string of the molecule is CC(C)CCN1CC2(CCNCC2)CC1=O. The minimum absolute atomic E-state index is 0.319. The van der Waals surface area contributed by atoms with Crippen molar-refractivity contribution in [1.29, 1.82) is 0 Å². The standard InChI is InChI=1S/C13H24N2O/c1-11(2)3-8-15-10-13(9-12(15)16)4-6-14-7-5-13/h11,14H,3-10H2,1-2H3. The van der Waals surface area contributed by atoms with Crippen LogP contribution in [0.2, 0.25) is 0 Å². The van der Waals surface area contributed by atoms with Crippen molar-refractivity contribution in [3.05, 3.63) is 0 Å². The first-order valence-electron chi connectivity index (χ1n) is 6.60. The minimum atomic E-state index is 0.319. The molecule has 0 saturated carbocycles. The summed E-state index contributed by atoms with van der Waals surface area (Å²) in [6.07, 6.45) is 4.29. The van der Waals surface area contributed by atoms with Crippen LogP contribution in [0.15, 0.2) is 0 Å². The predicted octanol–water partition coefficient (Wildman–Crippen LogP) is 1.63. The average molecular weight is 224 g/mol. The van der Waals surface area contributed by atoms with Crippen molar-refractivity contribution in [3.63, 3.8) is 0 Å². The first-order valence-corrected chi connectivity index (χ1v) is 6.60. The van der Waals surface area contributed by atoms with Gasteiger partial charge < -0.3 is 10.2 Å². The maximum atomic E-state index is 12.0. The van der Waals surface area contributed by atoms with Gasteiger partial charge >= 0.3 is 0 Å². The van der Waals surface area contributed by atoms with E-state index in [1.807, 2.05) is 0 Å². The second-order valence-electron chi connectivity index (χ2n) is 5.92. The quantitative estimate of drug-likeness (QED) is 0.790. The second-order valence-corrected chi connectivity index (χ2v) is 5.92. The summed E-state index contributed by atoms with van der Waals surface area (Å²) in [5.41, 5.74) is 0.319. The van der Waals surface area contributed by atoms with Crippen LogP contribution in [0.4, 0.5) is 0 Å². The fourth-order valence-electron chi connectivity index (χ4n) is 2.89. The fraction of sp³-hybridized carbons (Fsp3) is 0.923. The van der Waals surface area contributed by atoms with Crippen LogP contribution in [0.5, 0.6) is 0 Å². The molecule has 92 valence electrons. The smallest absolute Gasteiger partial charge is 0.223 e. The number of rotatable bonds is 3. The van der Waals surface area contributed by atoms with Gasteiger partial charge in [0.1, 0.15) is 0 Å². The van der Waals surface area contributed by atoms with E-state index in [1.165, 1.54) is 12.8 Å². The molecule has 2 heterocycles. The third-order valence-corrected chi connectivity index (χ3v) is 4.05. The van der Waals surface area contributed by atoms with E-state index in [0.717, 1.165) is 39.0 Å². The molecule has 16 heavy (non-hydrogen) atoms. The van der Waals surface area contributed by atoms with Gasteiger partial charge in [-0.1, -0.05) is 13.8 Å². The predicted molar refractivity (Wildman–Crippen MR) is 65.2 cm³/mol. The van der Waals surface area contributed by atoms with Gasteiger partial charge in [0.05, 0.1) is 0 Å². The molecule has 0 atom stereocenters. The molecule has 0 aromatic heterocycles. The molecule has 2 fully saturated rings. The first-order chi connectivity index (χ1) is 7.61. The largest absolute Gasteiger partial charge is 0.342 e. The Balaban J connectivity index is 1.90. The van der Waals surface area contributed by atoms with E-state index in [2.05, 4.69) is 24.1 Å². The first kappa shape index (κ1) is 11.9. The van der Waals surface area contributed by atoms with E-state index in [0.29, 0.717) is 17.2 Å². The Bertz CT molecular complexity index is 257. The summed E-state index contributed by atoms with van der Waals surface area (Å²) in [5, 5.41) is 3.39. The lowest BCUT2D eigenvalue weighted by Gasteiger charge is -2.33. The van der Waals surface area contributed by atoms with Crippen molar-refractivity contribution in [3.8, 4) is 0 Å². The van der Waals surface area contributed by atoms with Gasteiger partial charge in [-0.15, -0.1) is 0 Å². The van der Waals surface area contributed by atoms with Crippen LogP contribution in [-0.4, -0.2) is 37.0 Å². The minimum Gasteiger partial charge on any atom is -0.342 e. The lowest BCUT2D eigenvalue weighted by molar-refractivity contribution is -0.127.